The molecule has 0 unspecified atom stereocenters. The Morgan fingerprint density at radius 2 is 1.63 bits per heavy atom. The molecule has 0 fully saturated rings. The van der Waals surface area contributed by atoms with E-state index in [-0.39, 0.29) is 0 Å². The van der Waals surface area contributed by atoms with E-state index < -0.39 is 0 Å². The first-order chi connectivity index (χ1) is 9.29. The highest BCUT2D eigenvalue weighted by Crippen LogP contribution is 2.13. The molecular formula is C15H20N4. The Morgan fingerprint density at radius 1 is 0.947 bits per heavy atom. The Kier molecular flexibility index (Phi) is 3.31. The van der Waals surface area contributed by atoms with Gasteiger partial charge in [-0.15, -0.1) is 0 Å². The zero-order chi connectivity index (χ0) is 13.1. The lowest BCUT2D eigenvalue weighted by Gasteiger charge is -2.19. The van der Waals surface area contributed by atoms with Crippen LogP contribution < -0.4 is 5.32 Å². The van der Waals surface area contributed by atoms with Crippen LogP contribution in [0.4, 0.5) is 0 Å². The third-order valence-corrected chi connectivity index (χ3v) is 3.43. The Labute approximate surface area is 114 Å². The second-order valence-electron chi connectivity index (χ2n) is 5.18. The fourth-order valence-corrected chi connectivity index (χ4v) is 2.40. The first kappa shape index (κ1) is 12.0. The molecule has 1 aromatic carbocycles. The second-order valence-corrected chi connectivity index (χ2v) is 5.18. The van der Waals surface area contributed by atoms with E-state index in [1.165, 1.54) is 11.1 Å². The van der Waals surface area contributed by atoms with Crippen LogP contribution in [0.25, 0.3) is 0 Å². The summed E-state index contributed by atoms with van der Waals surface area (Å²) < 4.78 is 0. The summed E-state index contributed by atoms with van der Waals surface area (Å²) in [7, 11) is 2.09. The number of nitrogens with zero attached hydrogens (tertiary/aromatic N) is 3. The largest absolute Gasteiger partial charge is 0.373 e. The molecule has 4 nitrogen and oxygen atoms in total. The zero-order valence-corrected chi connectivity index (χ0v) is 11.3. The van der Waals surface area contributed by atoms with Crippen LogP contribution in [0.15, 0.2) is 49.1 Å². The van der Waals surface area contributed by atoms with Crippen molar-refractivity contribution in [2.75, 3.05) is 20.4 Å². The van der Waals surface area contributed by atoms with Gasteiger partial charge in [-0.25, -0.2) is 0 Å². The van der Waals surface area contributed by atoms with Crippen LogP contribution in [-0.4, -0.2) is 35.1 Å². The lowest BCUT2D eigenvalue weighted by atomic mass is 10.1. The van der Waals surface area contributed by atoms with Crippen molar-refractivity contribution < 1.29 is 0 Å². The molecule has 2 aliphatic rings. The molecule has 19 heavy (non-hydrogen) atoms. The maximum Gasteiger partial charge on any atom is 0.0894 e. The highest BCUT2D eigenvalue weighted by atomic mass is 15.3. The van der Waals surface area contributed by atoms with Crippen LogP contribution in [0.3, 0.4) is 0 Å². The van der Waals surface area contributed by atoms with Crippen molar-refractivity contribution in [2.24, 2.45) is 0 Å². The van der Waals surface area contributed by atoms with Crippen molar-refractivity contribution in [3.05, 3.63) is 60.2 Å². The predicted octanol–water partition coefficient (Wildman–Crippen LogP) is 1.70. The summed E-state index contributed by atoms with van der Waals surface area (Å²) >= 11 is 0. The first-order valence-corrected chi connectivity index (χ1v) is 6.64. The van der Waals surface area contributed by atoms with E-state index in [4.69, 9.17) is 0 Å². The van der Waals surface area contributed by atoms with Gasteiger partial charge in [0.15, 0.2) is 0 Å². The molecule has 0 amide bonds. The van der Waals surface area contributed by atoms with Gasteiger partial charge in [0.2, 0.25) is 0 Å². The molecule has 0 bridgehead atoms. The average Bonchev–Trinajstić information content (AvgIpc) is 3.04. The van der Waals surface area contributed by atoms with E-state index in [9.17, 15) is 0 Å². The molecule has 0 radical (unpaired) electrons. The molecule has 0 aromatic heterocycles. The van der Waals surface area contributed by atoms with Gasteiger partial charge in [-0.1, -0.05) is 24.3 Å². The van der Waals surface area contributed by atoms with Crippen molar-refractivity contribution in [3.8, 4) is 0 Å². The summed E-state index contributed by atoms with van der Waals surface area (Å²) in [6.45, 7) is 3.83. The first-order valence-electron chi connectivity index (χ1n) is 6.64. The molecule has 0 saturated heterocycles. The van der Waals surface area contributed by atoms with E-state index in [0.29, 0.717) is 0 Å². The summed E-state index contributed by atoms with van der Waals surface area (Å²) in [5, 5.41) is 3.18. The molecule has 2 aliphatic heterocycles. The molecule has 4 heteroatoms. The summed E-state index contributed by atoms with van der Waals surface area (Å²) in [5.41, 5.74) is 2.71. The molecule has 0 aliphatic carbocycles. The van der Waals surface area contributed by atoms with Gasteiger partial charge in [0.05, 0.1) is 13.3 Å². The molecule has 1 N–H and O–H groups in total. The minimum atomic E-state index is 0.909. The van der Waals surface area contributed by atoms with Gasteiger partial charge in [0.1, 0.15) is 0 Å². The molecule has 100 valence electrons. The predicted molar refractivity (Wildman–Crippen MR) is 76.4 cm³/mol. The molecule has 1 aromatic rings. The van der Waals surface area contributed by atoms with Crippen LogP contribution in [0, 0.1) is 0 Å². The van der Waals surface area contributed by atoms with Gasteiger partial charge in [-0.3, -0.25) is 0 Å². The topological polar surface area (TPSA) is 21.8 Å². The molecular weight excluding hydrogens is 236 g/mol. The smallest absolute Gasteiger partial charge is 0.0894 e. The van der Waals surface area contributed by atoms with Crippen LogP contribution in [0.1, 0.15) is 11.1 Å². The Balaban J connectivity index is 1.56. The van der Waals surface area contributed by atoms with E-state index >= 15 is 0 Å². The van der Waals surface area contributed by atoms with Crippen molar-refractivity contribution in [1.82, 2.24) is 20.0 Å². The van der Waals surface area contributed by atoms with Crippen molar-refractivity contribution in [1.29, 1.82) is 0 Å². The number of hydrogen-bond acceptors (Lipinski definition) is 4. The molecule has 0 saturated carbocycles. The lowest BCUT2D eigenvalue weighted by molar-refractivity contribution is 0.291. The van der Waals surface area contributed by atoms with Crippen molar-refractivity contribution >= 4 is 0 Å². The van der Waals surface area contributed by atoms with Crippen LogP contribution in [0.5, 0.6) is 0 Å². The SMILES string of the molecule is CN1C=CN(Cc2ccc(CN3C=CNC3)cc2)C1. The van der Waals surface area contributed by atoms with Crippen LogP contribution in [0.2, 0.25) is 0 Å². The van der Waals surface area contributed by atoms with Gasteiger partial charge in [0, 0.05) is 44.9 Å². The highest BCUT2D eigenvalue weighted by molar-refractivity contribution is 5.23. The van der Waals surface area contributed by atoms with Gasteiger partial charge in [-0.05, 0) is 11.1 Å². The Morgan fingerprint density at radius 3 is 2.16 bits per heavy atom. The maximum atomic E-state index is 3.18. The number of benzene rings is 1. The minimum absolute atomic E-state index is 0.909. The molecule has 0 atom stereocenters. The lowest BCUT2D eigenvalue weighted by Crippen LogP contribution is -2.22. The summed E-state index contributed by atoms with van der Waals surface area (Å²) in [6.07, 6.45) is 8.35. The van der Waals surface area contributed by atoms with Crippen molar-refractivity contribution in [3.63, 3.8) is 0 Å². The number of rotatable bonds is 4. The summed E-state index contributed by atoms with van der Waals surface area (Å²) in [6, 6.07) is 8.92. The molecule has 2 heterocycles. The fraction of sp³-hybridized carbons (Fsp3) is 0.333. The highest BCUT2D eigenvalue weighted by Gasteiger charge is 2.09. The van der Waals surface area contributed by atoms with E-state index in [1.54, 1.807) is 0 Å². The van der Waals surface area contributed by atoms with E-state index in [0.717, 1.165) is 26.4 Å². The van der Waals surface area contributed by atoms with Crippen LogP contribution >= 0.6 is 0 Å². The third-order valence-electron chi connectivity index (χ3n) is 3.43. The van der Waals surface area contributed by atoms with Gasteiger partial charge >= 0.3 is 0 Å². The summed E-state index contributed by atoms with van der Waals surface area (Å²) in [4.78, 5) is 6.75. The Bertz CT molecular complexity index is 477. The van der Waals surface area contributed by atoms with Crippen molar-refractivity contribution in [2.45, 2.75) is 13.1 Å². The summed E-state index contributed by atoms with van der Waals surface area (Å²) in [5.74, 6) is 0. The Hall–Kier alpha value is -2.10. The average molecular weight is 256 g/mol. The quantitative estimate of drug-likeness (QED) is 0.885. The fourth-order valence-electron chi connectivity index (χ4n) is 2.40. The second kappa shape index (κ2) is 5.26. The van der Waals surface area contributed by atoms with Gasteiger partial charge < -0.3 is 20.0 Å². The van der Waals surface area contributed by atoms with E-state index in [1.807, 2.05) is 6.20 Å². The monoisotopic (exact) mass is 256 g/mol. The van der Waals surface area contributed by atoms with E-state index in [2.05, 4.69) is 69.9 Å². The third kappa shape index (κ3) is 3.02. The molecule has 0 spiro atoms. The minimum Gasteiger partial charge on any atom is -0.373 e. The zero-order valence-electron chi connectivity index (χ0n) is 11.3. The molecule has 3 rings (SSSR count). The number of nitrogens with one attached hydrogen (secondary N) is 1. The normalized spacial score (nSPS) is 17.4. The van der Waals surface area contributed by atoms with Crippen LogP contribution in [-0.2, 0) is 13.1 Å². The van der Waals surface area contributed by atoms with Gasteiger partial charge in [0.25, 0.3) is 0 Å². The number of hydrogen-bond donors (Lipinski definition) is 1. The standard InChI is InChI=1S/C15H20N4/c1-17-8-9-19(13-17)11-15-4-2-14(3-5-15)10-18-7-6-16-12-18/h2-9,16H,10-13H2,1H3. The van der Waals surface area contributed by atoms with Gasteiger partial charge in [-0.2, -0.15) is 0 Å². The maximum absolute atomic E-state index is 3.18.